The third-order valence-electron chi connectivity index (χ3n) is 3.70. The highest BCUT2D eigenvalue weighted by molar-refractivity contribution is 6.12. The number of nitrogens with zero attached hydrogens (tertiary/aromatic N) is 2. The van der Waals surface area contributed by atoms with E-state index in [2.05, 4.69) is 9.88 Å². The van der Waals surface area contributed by atoms with Crippen LogP contribution >= 0.6 is 0 Å². The summed E-state index contributed by atoms with van der Waals surface area (Å²) in [5.74, 6) is 0.474. The quantitative estimate of drug-likeness (QED) is 0.629. The van der Waals surface area contributed by atoms with Crippen molar-refractivity contribution in [2.24, 2.45) is 0 Å². The van der Waals surface area contributed by atoms with E-state index in [9.17, 15) is 4.39 Å². The monoisotopic (exact) mass is 301 g/mol. The molecule has 3 rings (SSSR count). The molecule has 1 aromatic carbocycles. The molecular weight excluding hydrogens is 283 g/mol. The second-order valence-corrected chi connectivity index (χ2v) is 5.15. The van der Waals surface area contributed by atoms with Gasteiger partial charge in [-0.2, -0.15) is 0 Å². The van der Waals surface area contributed by atoms with Crippen molar-refractivity contribution in [1.29, 1.82) is 0 Å². The summed E-state index contributed by atoms with van der Waals surface area (Å²) in [7, 11) is 0. The zero-order valence-corrected chi connectivity index (χ0v) is 12.1. The van der Waals surface area contributed by atoms with Crippen molar-refractivity contribution in [3.8, 4) is 0 Å². The molecule has 1 fully saturated rings. The van der Waals surface area contributed by atoms with Crippen LogP contribution in [0.1, 0.15) is 11.1 Å². The lowest BCUT2D eigenvalue weighted by molar-refractivity contribution is -0.111. The number of halogens is 1. The molecule has 6 heteroatoms. The largest absolute Gasteiger partial charge is 0.398 e. The summed E-state index contributed by atoms with van der Waals surface area (Å²) in [6, 6.07) is 7.95. The minimum atomic E-state index is -0.377. The molecule has 0 aliphatic carbocycles. The average molecular weight is 301 g/mol. The van der Waals surface area contributed by atoms with Gasteiger partial charge in [0.2, 0.25) is 5.71 Å². The van der Waals surface area contributed by atoms with Crippen LogP contribution < -0.4 is 16.0 Å². The van der Waals surface area contributed by atoms with Crippen LogP contribution in [0, 0.1) is 5.82 Å². The van der Waals surface area contributed by atoms with E-state index in [1.165, 1.54) is 12.1 Å². The maximum absolute atomic E-state index is 13.2. The number of nitrogen functional groups attached to an aromatic ring is 1. The topological polar surface area (TPSA) is 77.0 Å². The minimum absolute atomic E-state index is 0.322. The van der Waals surface area contributed by atoms with Crippen LogP contribution in [0.5, 0.6) is 0 Å². The van der Waals surface area contributed by atoms with Gasteiger partial charge in [0.25, 0.3) is 0 Å². The van der Waals surface area contributed by atoms with Gasteiger partial charge in [0.1, 0.15) is 11.6 Å². The van der Waals surface area contributed by atoms with Crippen molar-refractivity contribution in [3.63, 3.8) is 0 Å². The number of rotatable bonds is 3. The average Bonchev–Trinajstić information content (AvgIpc) is 2.55. The molecule has 4 N–H and O–H groups in total. The highest BCUT2D eigenvalue weighted by Crippen LogP contribution is 2.19. The second kappa shape index (κ2) is 6.11. The molecule has 2 aromatic rings. The lowest BCUT2D eigenvalue weighted by Crippen LogP contribution is -2.42. The van der Waals surface area contributed by atoms with Crippen molar-refractivity contribution >= 4 is 17.2 Å². The maximum atomic E-state index is 13.2. The molecule has 0 radical (unpaired) electrons. The molecule has 0 bridgehead atoms. The van der Waals surface area contributed by atoms with Gasteiger partial charge in [-0.1, -0.05) is 0 Å². The SMILES string of the molecule is Nc1cc(F)ccc1C(=[NH2+])c1ccnc(N2CCOCC2)c1. The number of nitrogens with two attached hydrogens (primary N) is 2. The molecule has 5 nitrogen and oxygen atoms in total. The first-order valence-corrected chi connectivity index (χ1v) is 7.12. The number of pyridine rings is 1. The van der Waals surface area contributed by atoms with Crippen LogP contribution in [-0.4, -0.2) is 37.0 Å². The molecule has 1 aliphatic heterocycles. The summed E-state index contributed by atoms with van der Waals surface area (Å²) in [4.78, 5) is 6.53. The lowest BCUT2D eigenvalue weighted by Gasteiger charge is -2.27. The van der Waals surface area contributed by atoms with E-state index in [1.807, 2.05) is 12.1 Å². The van der Waals surface area contributed by atoms with E-state index in [0.29, 0.717) is 30.2 Å². The van der Waals surface area contributed by atoms with Crippen molar-refractivity contribution in [2.75, 3.05) is 36.9 Å². The van der Waals surface area contributed by atoms with Gasteiger partial charge in [0.05, 0.1) is 24.3 Å². The van der Waals surface area contributed by atoms with E-state index < -0.39 is 0 Å². The number of aromatic nitrogens is 1. The van der Waals surface area contributed by atoms with E-state index in [4.69, 9.17) is 15.9 Å². The Labute approximate surface area is 128 Å². The molecule has 0 saturated carbocycles. The van der Waals surface area contributed by atoms with Crippen LogP contribution in [0.4, 0.5) is 15.9 Å². The zero-order chi connectivity index (χ0) is 15.5. The molecule has 0 amide bonds. The standard InChI is InChI=1S/C16H17FN4O/c17-12-1-2-13(14(18)10-12)16(19)11-3-4-20-15(9-11)21-5-7-22-8-6-21/h1-4,9-10,19H,5-8,18H2/p+1. The van der Waals surface area contributed by atoms with Gasteiger partial charge < -0.3 is 15.4 Å². The molecule has 1 saturated heterocycles. The van der Waals surface area contributed by atoms with E-state index in [1.54, 1.807) is 12.3 Å². The normalized spacial score (nSPS) is 14.9. The fraction of sp³-hybridized carbons (Fsp3) is 0.250. The Morgan fingerprint density at radius 2 is 2.00 bits per heavy atom. The van der Waals surface area contributed by atoms with Crippen molar-refractivity contribution in [3.05, 3.63) is 53.5 Å². The van der Waals surface area contributed by atoms with E-state index in [-0.39, 0.29) is 5.82 Å². The second-order valence-electron chi connectivity index (χ2n) is 5.15. The zero-order valence-electron chi connectivity index (χ0n) is 12.1. The number of anilines is 2. The first-order valence-electron chi connectivity index (χ1n) is 7.12. The number of benzene rings is 1. The molecule has 1 aromatic heterocycles. The number of hydrogen-bond donors (Lipinski definition) is 2. The van der Waals surface area contributed by atoms with Gasteiger partial charge in [-0.25, -0.2) is 9.37 Å². The van der Waals surface area contributed by atoms with E-state index >= 15 is 0 Å². The molecular formula is C16H18FN4O+. The Morgan fingerprint density at radius 3 is 2.73 bits per heavy atom. The van der Waals surface area contributed by atoms with Gasteiger partial charge in [0.15, 0.2) is 0 Å². The van der Waals surface area contributed by atoms with Gasteiger partial charge >= 0.3 is 0 Å². The summed E-state index contributed by atoms with van der Waals surface area (Å²) < 4.78 is 18.5. The first kappa shape index (κ1) is 14.5. The van der Waals surface area contributed by atoms with Crippen LogP contribution in [0.2, 0.25) is 0 Å². The molecule has 114 valence electrons. The Morgan fingerprint density at radius 1 is 1.23 bits per heavy atom. The van der Waals surface area contributed by atoms with Crippen molar-refractivity contribution in [1.82, 2.24) is 4.98 Å². The fourth-order valence-corrected chi connectivity index (χ4v) is 2.49. The highest BCUT2D eigenvalue weighted by Gasteiger charge is 2.18. The summed E-state index contributed by atoms with van der Waals surface area (Å²) in [5.41, 5.74) is 8.13. The first-order chi connectivity index (χ1) is 10.6. The Bertz CT molecular complexity index is 698. The van der Waals surface area contributed by atoms with Gasteiger partial charge in [0, 0.05) is 25.0 Å². The Hall–Kier alpha value is -2.47. The smallest absolute Gasteiger partial charge is 0.213 e. The molecule has 1 aliphatic rings. The molecule has 22 heavy (non-hydrogen) atoms. The van der Waals surface area contributed by atoms with Gasteiger partial charge in [-0.05, 0) is 30.3 Å². The highest BCUT2D eigenvalue weighted by atomic mass is 19.1. The van der Waals surface area contributed by atoms with Crippen LogP contribution in [0.25, 0.3) is 0 Å². The number of ether oxygens (including phenoxy) is 1. The summed E-state index contributed by atoms with van der Waals surface area (Å²) in [6.07, 6.45) is 1.71. The number of hydrogen-bond acceptors (Lipinski definition) is 4. The summed E-state index contributed by atoms with van der Waals surface area (Å²) >= 11 is 0. The van der Waals surface area contributed by atoms with Crippen molar-refractivity contribution in [2.45, 2.75) is 0 Å². The van der Waals surface area contributed by atoms with Crippen LogP contribution in [0.15, 0.2) is 36.5 Å². The lowest BCUT2D eigenvalue weighted by atomic mass is 10.0. The fourth-order valence-electron chi connectivity index (χ4n) is 2.49. The molecule has 0 atom stereocenters. The maximum Gasteiger partial charge on any atom is 0.213 e. The van der Waals surface area contributed by atoms with Gasteiger partial charge in [-0.15, -0.1) is 0 Å². The Balaban J connectivity index is 1.89. The molecule has 2 heterocycles. The summed E-state index contributed by atoms with van der Waals surface area (Å²) in [6.45, 7) is 2.98. The van der Waals surface area contributed by atoms with E-state index in [0.717, 1.165) is 24.5 Å². The summed E-state index contributed by atoms with van der Waals surface area (Å²) in [5, 5.41) is 6.21. The van der Waals surface area contributed by atoms with Crippen molar-refractivity contribution < 1.29 is 14.5 Å². The predicted octanol–water partition coefficient (Wildman–Crippen LogP) is 0.236. The third kappa shape index (κ3) is 2.92. The molecule has 0 unspecified atom stereocenters. The Kier molecular flexibility index (Phi) is 4.02. The van der Waals surface area contributed by atoms with Gasteiger partial charge in [-0.3, -0.25) is 5.41 Å². The van der Waals surface area contributed by atoms with Crippen LogP contribution in [-0.2, 0) is 4.74 Å². The van der Waals surface area contributed by atoms with Crippen LogP contribution in [0.3, 0.4) is 0 Å². The third-order valence-corrected chi connectivity index (χ3v) is 3.70. The molecule has 0 spiro atoms. The number of morpholine rings is 1. The minimum Gasteiger partial charge on any atom is -0.398 e. The predicted molar refractivity (Wildman–Crippen MR) is 83.2 cm³/mol.